The zero-order valence-corrected chi connectivity index (χ0v) is 21.9. The molecule has 0 saturated carbocycles. The first-order valence-electron chi connectivity index (χ1n) is 13.3. The molecule has 2 heterocycles. The number of carbonyl (C=O) groups excluding carboxylic acids is 2. The third-order valence-electron chi connectivity index (χ3n) is 7.62. The second kappa shape index (κ2) is 11.2. The number of fused-ring (bicyclic) bond motifs is 1. The highest BCUT2D eigenvalue weighted by Crippen LogP contribution is 2.38. The van der Waals surface area contributed by atoms with Gasteiger partial charge in [-0.25, -0.2) is 0 Å². The SMILES string of the molecule is Cn1cc(C2C[N+](CC(=O)NC(=O)CCN)(Cc3ccccc3)CCN2c2ccccc2)c2ccccc21. The summed E-state index contributed by atoms with van der Waals surface area (Å²) < 4.78 is 2.75. The summed E-state index contributed by atoms with van der Waals surface area (Å²) in [5.74, 6) is -0.562. The van der Waals surface area contributed by atoms with Gasteiger partial charge in [-0.2, -0.15) is 0 Å². The molecule has 2 atom stereocenters. The predicted molar refractivity (Wildman–Crippen MR) is 151 cm³/mol. The molecule has 196 valence electrons. The van der Waals surface area contributed by atoms with Gasteiger partial charge in [0, 0.05) is 53.9 Å². The largest absolute Gasteiger partial charge is 0.353 e. The maximum absolute atomic E-state index is 13.2. The molecule has 1 fully saturated rings. The fraction of sp³-hybridized carbons (Fsp3) is 0.290. The van der Waals surface area contributed by atoms with E-state index < -0.39 is 0 Å². The number of benzene rings is 3. The molecule has 1 aromatic heterocycles. The number of imide groups is 1. The van der Waals surface area contributed by atoms with Gasteiger partial charge in [0.05, 0.1) is 13.1 Å². The van der Waals surface area contributed by atoms with Gasteiger partial charge in [0.2, 0.25) is 5.91 Å². The fourth-order valence-corrected chi connectivity index (χ4v) is 5.87. The molecule has 5 rings (SSSR count). The number of nitrogens with two attached hydrogens (primary N) is 1. The van der Waals surface area contributed by atoms with Crippen LogP contribution in [0.25, 0.3) is 10.9 Å². The third kappa shape index (κ3) is 5.49. The minimum atomic E-state index is -0.316. The van der Waals surface area contributed by atoms with Crippen molar-refractivity contribution < 1.29 is 14.1 Å². The van der Waals surface area contributed by atoms with Gasteiger partial charge in [-0.15, -0.1) is 0 Å². The van der Waals surface area contributed by atoms with Gasteiger partial charge in [0.25, 0.3) is 5.91 Å². The zero-order valence-electron chi connectivity index (χ0n) is 21.9. The number of quaternary nitrogens is 1. The van der Waals surface area contributed by atoms with Gasteiger partial charge >= 0.3 is 0 Å². The van der Waals surface area contributed by atoms with Crippen LogP contribution in [0.5, 0.6) is 0 Å². The number of amides is 2. The molecule has 2 amide bonds. The summed E-state index contributed by atoms with van der Waals surface area (Å²) in [4.78, 5) is 27.9. The van der Waals surface area contributed by atoms with Gasteiger partial charge in [0.15, 0.2) is 6.54 Å². The zero-order chi connectivity index (χ0) is 26.5. The highest BCUT2D eigenvalue weighted by atomic mass is 16.2. The molecule has 0 radical (unpaired) electrons. The molecule has 4 aromatic rings. The van der Waals surface area contributed by atoms with Gasteiger partial charge in [-0.1, -0.05) is 66.7 Å². The lowest BCUT2D eigenvalue weighted by molar-refractivity contribution is -0.937. The number of rotatable bonds is 8. The first-order valence-corrected chi connectivity index (χ1v) is 13.3. The van der Waals surface area contributed by atoms with Crippen molar-refractivity contribution in [3.05, 3.63) is 102 Å². The monoisotopic (exact) mass is 510 g/mol. The van der Waals surface area contributed by atoms with E-state index in [1.165, 1.54) is 27.7 Å². The summed E-state index contributed by atoms with van der Waals surface area (Å²) >= 11 is 0. The van der Waals surface area contributed by atoms with Gasteiger partial charge < -0.3 is 19.7 Å². The quantitative estimate of drug-likeness (QED) is 0.354. The Balaban J connectivity index is 1.56. The second-order valence-corrected chi connectivity index (χ2v) is 10.3. The summed E-state index contributed by atoms with van der Waals surface area (Å²) in [7, 11) is 2.09. The molecule has 1 aliphatic rings. The van der Waals surface area contributed by atoms with Crippen LogP contribution in [0.4, 0.5) is 5.69 Å². The molecule has 38 heavy (non-hydrogen) atoms. The number of nitrogens with zero attached hydrogens (tertiary/aromatic N) is 3. The van der Waals surface area contributed by atoms with Crippen LogP contribution in [0.3, 0.4) is 0 Å². The number of hydrogen-bond donors (Lipinski definition) is 2. The highest BCUT2D eigenvalue weighted by molar-refractivity contribution is 5.95. The van der Waals surface area contributed by atoms with Crippen LogP contribution < -0.4 is 16.0 Å². The maximum Gasteiger partial charge on any atom is 0.281 e. The van der Waals surface area contributed by atoms with E-state index in [2.05, 4.69) is 88.7 Å². The Morgan fingerprint density at radius 3 is 2.37 bits per heavy atom. The molecule has 7 nitrogen and oxygen atoms in total. The van der Waals surface area contributed by atoms with E-state index in [-0.39, 0.29) is 37.4 Å². The molecule has 3 N–H and O–H groups in total. The lowest BCUT2D eigenvalue weighted by atomic mass is 9.97. The average molecular weight is 511 g/mol. The van der Waals surface area contributed by atoms with Gasteiger partial charge in [-0.3, -0.25) is 14.9 Å². The molecular formula is C31H36N5O2+. The van der Waals surface area contributed by atoms with Crippen molar-refractivity contribution in [1.82, 2.24) is 9.88 Å². The van der Waals surface area contributed by atoms with Crippen LogP contribution in [0.2, 0.25) is 0 Å². The molecule has 1 saturated heterocycles. The number of piperazine rings is 1. The van der Waals surface area contributed by atoms with E-state index in [0.29, 0.717) is 11.0 Å². The van der Waals surface area contributed by atoms with Crippen molar-refractivity contribution in [2.45, 2.75) is 19.0 Å². The van der Waals surface area contributed by atoms with Gasteiger partial charge in [-0.05, 0) is 18.2 Å². The van der Waals surface area contributed by atoms with Crippen molar-refractivity contribution in [2.75, 3.05) is 37.6 Å². The number of anilines is 1. The van der Waals surface area contributed by atoms with E-state index in [4.69, 9.17) is 5.73 Å². The van der Waals surface area contributed by atoms with Crippen molar-refractivity contribution in [2.24, 2.45) is 12.8 Å². The van der Waals surface area contributed by atoms with Crippen LogP contribution >= 0.6 is 0 Å². The third-order valence-corrected chi connectivity index (χ3v) is 7.62. The Labute approximate surface area is 224 Å². The predicted octanol–water partition coefficient (Wildman–Crippen LogP) is 3.75. The normalized spacial score (nSPS) is 19.4. The summed E-state index contributed by atoms with van der Waals surface area (Å²) in [6, 6.07) is 29.4. The maximum atomic E-state index is 13.2. The van der Waals surface area contributed by atoms with Crippen molar-refractivity contribution >= 4 is 28.4 Å². The molecule has 2 unspecified atom stereocenters. The standard InChI is InChI=1S/C31H35N5O2/c1-34-20-27(26-14-8-9-15-28(26)34)29-22-36(21-24-10-4-2-5-11-24,23-31(38)33-30(37)16-17-32)19-18-35(29)25-12-6-3-7-13-25/h2-15,20,29H,16-19,21-23,32H2,1H3/p+1. The molecule has 3 aromatic carbocycles. The van der Waals surface area contributed by atoms with E-state index in [1.54, 1.807) is 0 Å². The molecule has 0 spiro atoms. The van der Waals surface area contributed by atoms with Crippen molar-refractivity contribution in [3.8, 4) is 0 Å². The highest BCUT2D eigenvalue weighted by Gasteiger charge is 2.42. The summed E-state index contributed by atoms with van der Waals surface area (Å²) in [5, 5.41) is 3.80. The first-order chi connectivity index (χ1) is 18.5. The molecule has 0 bridgehead atoms. The van der Waals surface area contributed by atoms with Gasteiger partial charge in [0.1, 0.15) is 19.1 Å². The molecular weight excluding hydrogens is 474 g/mol. The molecule has 0 aliphatic carbocycles. The Bertz CT molecular complexity index is 1400. The van der Waals surface area contributed by atoms with Crippen LogP contribution in [-0.2, 0) is 23.2 Å². The van der Waals surface area contributed by atoms with Crippen LogP contribution in [0.1, 0.15) is 23.6 Å². The topological polar surface area (TPSA) is 80.4 Å². The van der Waals surface area contributed by atoms with E-state index in [1.807, 2.05) is 24.3 Å². The number of hydrogen-bond acceptors (Lipinski definition) is 4. The van der Waals surface area contributed by atoms with Crippen molar-refractivity contribution in [1.29, 1.82) is 0 Å². The van der Waals surface area contributed by atoms with Crippen LogP contribution in [-0.4, -0.2) is 53.6 Å². The second-order valence-electron chi connectivity index (χ2n) is 10.3. The summed E-state index contributed by atoms with van der Waals surface area (Å²) in [6.45, 7) is 3.46. The fourth-order valence-electron chi connectivity index (χ4n) is 5.87. The lowest BCUT2D eigenvalue weighted by Crippen LogP contribution is -2.63. The Kier molecular flexibility index (Phi) is 7.58. The van der Waals surface area contributed by atoms with E-state index in [0.717, 1.165) is 19.6 Å². The molecule has 7 heteroatoms. The lowest BCUT2D eigenvalue weighted by Gasteiger charge is -2.49. The van der Waals surface area contributed by atoms with E-state index >= 15 is 0 Å². The number of nitrogens with one attached hydrogen (secondary N) is 1. The Hall–Kier alpha value is -3.94. The number of aromatic nitrogens is 1. The summed E-state index contributed by atoms with van der Waals surface area (Å²) in [5.41, 5.74) is 10.3. The number of carbonyl (C=O) groups is 2. The smallest absolute Gasteiger partial charge is 0.281 e. The Morgan fingerprint density at radius 1 is 0.947 bits per heavy atom. The average Bonchev–Trinajstić information content (AvgIpc) is 3.26. The first kappa shape index (κ1) is 25.7. The minimum Gasteiger partial charge on any atom is -0.353 e. The van der Waals surface area contributed by atoms with Crippen LogP contribution in [0, 0.1) is 0 Å². The summed E-state index contributed by atoms with van der Waals surface area (Å²) in [6.07, 6.45) is 2.38. The Morgan fingerprint density at radius 2 is 1.63 bits per heavy atom. The van der Waals surface area contributed by atoms with Crippen molar-refractivity contribution in [3.63, 3.8) is 0 Å². The number of para-hydroxylation sites is 2. The number of aryl methyl sites for hydroxylation is 1. The van der Waals surface area contributed by atoms with E-state index in [9.17, 15) is 9.59 Å². The molecule has 1 aliphatic heterocycles. The van der Waals surface area contributed by atoms with Crippen LogP contribution in [0.15, 0.2) is 91.1 Å². The minimum absolute atomic E-state index is 0.0495.